The molecule has 0 saturated heterocycles. The van der Waals surface area contributed by atoms with Crippen molar-refractivity contribution in [3.8, 4) is 0 Å². The molecule has 0 heterocycles. The Balaban J connectivity index is 2.01. The molecule has 0 saturated carbocycles. The van der Waals surface area contributed by atoms with E-state index in [1.165, 1.54) is 38.2 Å². The third-order valence-electron chi connectivity index (χ3n) is 4.41. The topological polar surface area (TPSA) is 0 Å². The highest BCUT2D eigenvalue weighted by Crippen LogP contribution is 2.32. The highest BCUT2D eigenvalue weighted by atomic mass is 14.1. The molecule has 0 atom stereocenters. The van der Waals surface area contributed by atoms with E-state index in [0.717, 1.165) is 0 Å². The third kappa shape index (κ3) is 2.43. The Bertz CT molecular complexity index is 1010. The number of hydrogen-bond donors (Lipinski definition) is 0. The molecule has 0 aliphatic heterocycles. The molecule has 0 aromatic heterocycles. The average Bonchev–Trinajstić information content (AvgIpc) is 2.62. The lowest BCUT2D eigenvalue weighted by molar-refractivity contribution is 1.56. The number of hydrogen-bond acceptors (Lipinski definition) is 0. The van der Waals surface area contributed by atoms with Crippen LogP contribution < -0.4 is 0 Å². The molecule has 0 aliphatic carbocycles. The summed E-state index contributed by atoms with van der Waals surface area (Å²) in [6.45, 7) is 2.11. The summed E-state index contributed by atoms with van der Waals surface area (Å²) in [5, 5.41) is 5.18. The van der Waals surface area contributed by atoms with Crippen LogP contribution in [0.2, 0.25) is 0 Å². The minimum Gasteiger partial charge on any atom is -0.0792 e. The van der Waals surface area contributed by atoms with E-state index < -0.39 is 0 Å². The Morgan fingerprint density at radius 1 is 0.652 bits per heavy atom. The quantitative estimate of drug-likeness (QED) is 0.373. The smallest absolute Gasteiger partial charge is 0.00989 e. The first-order chi connectivity index (χ1) is 11.4. The van der Waals surface area contributed by atoms with Crippen LogP contribution in [0.15, 0.2) is 91.0 Å². The van der Waals surface area contributed by atoms with Crippen molar-refractivity contribution in [3.63, 3.8) is 0 Å². The number of benzene rings is 4. The second kappa shape index (κ2) is 5.73. The van der Waals surface area contributed by atoms with Gasteiger partial charge in [0.2, 0.25) is 0 Å². The molecule has 0 bridgehead atoms. The van der Waals surface area contributed by atoms with E-state index >= 15 is 0 Å². The molecule has 0 radical (unpaired) electrons. The first kappa shape index (κ1) is 13.8. The van der Waals surface area contributed by atoms with Crippen molar-refractivity contribution in [2.24, 2.45) is 0 Å². The largest absolute Gasteiger partial charge is 0.0792 e. The predicted molar refractivity (Wildman–Crippen MR) is 101 cm³/mol. The minimum atomic E-state index is 1.26. The third-order valence-corrected chi connectivity index (χ3v) is 4.41. The summed E-state index contributed by atoms with van der Waals surface area (Å²) in [5.74, 6) is 0. The zero-order valence-electron chi connectivity index (χ0n) is 13.2. The lowest BCUT2D eigenvalue weighted by atomic mass is 9.92. The molecular weight excluding hydrogens is 276 g/mol. The van der Waals surface area contributed by atoms with Crippen LogP contribution in [0.4, 0.5) is 0 Å². The van der Waals surface area contributed by atoms with Gasteiger partial charge >= 0.3 is 0 Å². The predicted octanol–water partition coefficient (Wildman–Crippen LogP) is 6.44. The average molecular weight is 294 g/mol. The second-order valence-electron chi connectivity index (χ2n) is 5.79. The van der Waals surface area contributed by atoms with Crippen molar-refractivity contribution in [3.05, 3.63) is 102 Å². The highest BCUT2D eigenvalue weighted by Gasteiger charge is 2.08. The van der Waals surface area contributed by atoms with E-state index in [2.05, 4.69) is 97.9 Å². The van der Waals surface area contributed by atoms with Gasteiger partial charge < -0.3 is 0 Å². The molecule has 0 N–H and O–H groups in total. The summed E-state index contributed by atoms with van der Waals surface area (Å²) in [7, 11) is 0. The van der Waals surface area contributed by atoms with E-state index in [1.807, 2.05) is 0 Å². The minimum absolute atomic E-state index is 1.26. The van der Waals surface area contributed by atoms with Gasteiger partial charge in [0.1, 0.15) is 0 Å². The van der Waals surface area contributed by atoms with E-state index in [4.69, 9.17) is 0 Å². The summed E-state index contributed by atoms with van der Waals surface area (Å²) in [6.07, 6.45) is 2.21. The Hall–Kier alpha value is -2.86. The molecule has 0 fully saturated rings. The van der Waals surface area contributed by atoms with Gasteiger partial charge in [0.25, 0.3) is 0 Å². The molecular formula is C23H18. The number of rotatable bonds is 2. The molecule has 4 aromatic carbocycles. The van der Waals surface area contributed by atoms with Crippen LogP contribution in [0.1, 0.15) is 18.1 Å². The normalized spacial score (nSPS) is 12.0. The van der Waals surface area contributed by atoms with Crippen molar-refractivity contribution in [1.29, 1.82) is 0 Å². The maximum atomic E-state index is 2.31. The lowest BCUT2D eigenvalue weighted by Gasteiger charge is -2.12. The van der Waals surface area contributed by atoms with Gasteiger partial charge in [-0.2, -0.15) is 0 Å². The standard InChI is InChI=1S/C23H18/c1-2-21(17-9-4-3-5-10-17)22-14-8-13-20-15-18-11-6-7-12-19(18)16-23(20)22/h2-16H,1H3/b21-2-. The summed E-state index contributed by atoms with van der Waals surface area (Å²) < 4.78 is 0. The summed E-state index contributed by atoms with van der Waals surface area (Å²) >= 11 is 0. The molecule has 0 spiro atoms. The van der Waals surface area contributed by atoms with Crippen LogP contribution in [0, 0.1) is 0 Å². The zero-order valence-corrected chi connectivity index (χ0v) is 13.2. The van der Waals surface area contributed by atoms with E-state index in [1.54, 1.807) is 0 Å². The fourth-order valence-electron chi connectivity index (χ4n) is 3.30. The summed E-state index contributed by atoms with van der Waals surface area (Å²) in [6, 6.07) is 30.3. The Morgan fingerprint density at radius 2 is 1.30 bits per heavy atom. The summed E-state index contributed by atoms with van der Waals surface area (Å²) in [4.78, 5) is 0. The van der Waals surface area contributed by atoms with Crippen LogP contribution in [-0.2, 0) is 0 Å². The Kier molecular flexibility index (Phi) is 3.44. The van der Waals surface area contributed by atoms with Crippen molar-refractivity contribution >= 4 is 27.1 Å². The molecule has 0 heteroatoms. The SMILES string of the molecule is C/C=C(/c1ccccc1)c1cccc2cc3ccccc3cc12. The van der Waals surface area contributed by atoms with Gasteiger partial charge in [-0.15, -0.1) is 0 Å². The maximum absolute atomic E-state index is 2.31. The lowest BCUT2D eigenvalue weighted by Crippen LogP contribution is -1.90. The highest BCUT2D eigenvalue weighted by molar-refractivity contribution is 6.04. The van der Waals surface area contributed by atoms with Crippen molar-refractivity contribution in [1.82, 2.24) is 0 Å². The van der Waals surface area contributed by atoms with Crippen LogP contribution in [-0.4, -0.2) is 0 Å². The van der Waals surface area contributed by atoms with E-state index in [-0.39, 0.29) is 0 Å². The van der Waals surface area contributed by atoms with Gasteiger partial charge in [-0.3, -0.25) is 0 Å². The Labute approximate surface area is 136 Å². The van der Waals surface area contributed by atoms with Gasteiger partial charge in [0, 0.05) is 0 Å². The summed E-state index contributed by atoms with van der Waals surface area (Å²) in [5.41, 5.74) is 3.84. The van der Waals surface area contributed by atoms with Crippen LogP contribution in [0.25, 0.3) is 27.1 Å². The van der Waals surface area contributed by atoms with Gasteiger partial charge in [-0.05, 0) is 57.3 Å². The molecule has 0 amide bonds. The van der Waals surface area contributed by atoms with E-state index in [0.29, 0.717) is 0 Å². The fourth-order valence-corrected chi connectivity index (χ4v) is 3.30. The van der Waals surface area contributed by atoms with Gasteiger partial charge in [-0.25, -0.2) is 0 Å². The van der Waals surface area contributed by atoms with Gasteiger partial charge in [-0.1, -0.05) is 78.9 Å². The van der Waals surface area contributed by atoms with E-state index in [9.17, 15) is 0 Å². The second-order valence-corrected chi connectivity index (χ2v) is 5.79. The Morgan fingerprint density at radius 3 is 2.04 bits per heavy atom. The fraction of sp³-hybridized carbons (Fsp3) is 0.0435. The van der Waals surface area contributed by atoms with Crippen molar-refractivity contribution < 1.29 is 0 Å². The molecule has 23 heavy (non-hydrogen) atoms. The molecule has 0 nitrogen and oxygen atoms in total. The monoisotopic (exact) mass is 294 g/mol. The van der Waals surface area contributed by atoms with Gasteiger partial charge in [0.05, 0.1) is 0 Å². The molecule has 110 valence electrons. The molecule has 0 unspecified atom stereocenters. The molecule has 4 aromatic rings. The maximum Gasteiger partial charge on any atom is -0.00989 e. The zero-order chi connectivity index (χ0) is 15.6. The van der Waals surface area contributed by atoms with Crippen LogP contribution >= 0.6 is 0 Å². The first-order valence-electron chi connectivity index (χ1n) is 8.00. The number of fused-ring (bicyclic) bond motifs is 2. The van der Waals surface area contributed by atoms with Crippen LogP contribution in [0.3, 0.4) is 0 Å². The van der Waals surface area contributed by atoms with Gasteiger partial charge in [0.15, 0.2) is 0 Å². The van der Waals surface area contributed by atoms with Crippen LogP contribution in [0.5, 0.6) is 0 Å². The first-order valence-corrected chi connectivity index (χ1v) is 8.00. The molecule has 0 aliphatic rings. The van der Waals surface area contributed by atoms with Crippen molar-refractivity contribution in [2.45, 2.75) is 6.92 Å². The number of allylic oxidation sites excluding steroid dienone is 1. The van der Waals surface area contributed by atoms with Crippen molar-refractivity contribution in [2.75, 3.05) is 0 Å². The molecule has 4 rings (SSSR count).